The maximum atomic E-state index is 14.1. The molecule has 2 fully saturated rings. The second kappa shape index (κ2) is 21.2. The van der Waals surface area contributed by atoms with Gasteiger partial charge in [-0.15, -0.1) is 16.4 Å². The monoisotopic (exact) mass is 918 g/mol. The van der Waals surface area contributed by atoms with Crippen molar-refractivity contribution in [2.75, 3.05) is 44.4 Å². The van der Waals surface area contributed by atoms with E-state index >= 15 is 0 Å². The molecule has 7 rings (SSSR count). The molecule has 3 amide bonds. The molecule has 16 heteroatoms. The number of aromatic nitrogens is 4. The summed E-state index contributed by atoms with van der Waals surface area (Å²) in [5.41, 5.74) is 10.2. The van der Waals surface area contributed by atoms with Gasteiger partial charge < -0.3 is 35.0 Å². The zero-order chi connectivity index (χ0) is 47.1. The van der Waals surface area contributed by atoms with E-state index in [1.165, 1.54) is 4.90 Å². The minimum absolute atomic E-state index is 0.0258. The maximum absolute atomic E-state index is 14.1. The standard InChI is InChI=1S/C50H62N8O7S/c1-8-57(40-17-20-64-21-18-40)43-24-38(23-39(28-59)31(43)2)35-11-13-36(14-12-35)42-27-56(55-54-42)19-22-65-29-45(61)53-47(50(5,6)7)49(63)58-26-41(60)25-44(58)48(62)52-32(3)34-9-15-37(16-10-34)46-33(4)51-30-66-46/h9-16,23-24,27-28,30,32,40-41,44,47,60H,8,17-22,25-26,29H2,1-7H3,(H,52,62)(H,53,61)/t32-,41+,44-,47+/m0/s1. The van der Waals surface area contributed by atoms with Crippen LogP contribution in [0.2, 0.25) is 0 Å². The van der Waals surface area contributed by atoms with Crippen molar-refractivity contribution in [1.82, 2.24) is 35.5 Å². The van der Waals surface area contributed by atoms with Crippen LogP contribution in [0.5, 0.6) is 0 Å². The van der Waals surface area contributed by atoms with E-state index in [9.17, 15) is 24.3 Å². The van der Waals surface area contributed by atoms with E-state index in [-0.39, 0.29) is 38.1 Å². The lowest BCUT2D eigenvalue weighted by Gasteiger charge is -2.36. The number of benzene rings is 3. The summed E-state index contributed by atoms with van der Waals surface area (Å²) < 4.78 is 13.0. The number of carbonyl (C=O) groups excluding carboxylic acids is 4. The number of likely N-dealkylation sites (tertiary alicyclic amines) is 1. The lowest BCUT2D eigenvalue weighted by Crippen LogP contribution is -2.58. The van der Waals surface area contributed by atoms with E-state index < -0.39 is 35.4 Å². The number of aliphatic hydroxyl groups excluding tert-OH is 1. The van der Waals surface area contributed by atoms with Crippen molar-refractivity contribution in [2.45, 2.75) is 105 Å². The van der Waals surface area contributed by atoms with Gasteiger partial charge in [-0.05, 0) is 85.9 Å². The predicted octanol–water partition coefficient (Wildman–Crippen LogP) is 6.56. The molecule has 2 aromatic heterocycles. The van der Waals surface area contributed by atoms with Crippen molar-refractivity contribution in [3.63, 3.8) is 0 Å². The van der Waals surface area contributed by atoms with Crippen LogP contribution in [-0.2, 0) is 30.4 Å². The Morgan fingerprint density at radius 3 is 2.35 bits per heavy atom. The smallest absolute Gasteiger partial charge is 0.246 e. The van der Waals surface area contributed by atoms with E-state index in [0.29, 0.717) is 23.8 Å². The van der Waals surface area contributed by atoms with Crippen LogP contribution >= 0.6 is 11.3 Å². The molecule has 0 aliphatic carbocycles. The Morgan fingerprint density at radius 2 is 1.70 bits per heavy atom. The van der Waals surface area contributed by atoms with Crippen LogP contribution in [0, 0.1) is 19.3 Å². The van der Waals surface area contributed by atoms with Crippen molar-refractivity contribution in [2.24, 2.45) is 5.41 Å². The molecule has 0 radical (unpaired) electrons. The first-order valence-corrected chi connectivity index (χ1v) is 23.6. The lowest BCUT2D eigenvalue weighted by atomic mass is 9.85. The predicted molar refractivity (Wildman–Crippen MR) is 255 cm³/mol. The largest absolute Gasteiger partial charge is 0.391 e. The Morgan fingerprint density at radius 1 is 1.00 bits per heavy atom. The molecule has 4 heterocycles. The first-order chi connectivity index (χ1) is 31.6. The van der Waals surface area contributed by atoms with Crippen LogP contribution < -0.4 is 15.5 Å². The zero-order valence-electron chi connectivity index (χ0n) is 39.0. The number of β-amino-alcohol motifs (C(OH)–C–C–N with tert-alkyl or cyclic N) is 1. The van der Waals surface area contributed by atoms with Crippen LogP contribution in [0.15, 0.2) is 72.4 Å². The molecule has 2 aliphatic rings. The Hall–Kier alpha value is -5.81. The summed E-state index contributed by atoms with van der Waals surface area (Å²) in [4.78, 5) is 62.4. The van der Waals surface area contributed by atoms with E-state index in [1.807, 2.05) is 108 Å². The molecule has 2 saturated heterocycles. The van der Waals surface area contributed by atoms with Crippen LogP contribution in [0.3, 0.4) is 0 Å². The average molecular weight is 919 g/mol. The van der Waals surface area contributed by atoms with Crippen molar-refractivity contribution in [3.8, 4) is 32.8 Å². The first-order valence-electron chi connectivity index (χ1n) is 22.8. The van der Waals surface area contributed by atoms with Crippen LogP contribution in [0.1, 0.15) is 87.1 Å². The SMILES string of the molecule is CCN(c1cc(-c2ccc(-c3cn(CCOCC(=O)N[C@H](C(=O)N4C[C@H](O)C[C@H]4C(=O)N[C@@H](C)c4ccc(-c5scnc5C)cc4)C(C)(C)C)nn3)cc2)cc(C=O)c1C)C1CCOCC1. The highest BCUT2D eigenvalue weighted by molar-refractivity contribution is 7.13. The number of carbonyl (C=O) groups is 4. The Bertz CT molecular complexity index is 2470. The molecule has 3 N–H and O–H groups in total. The third-order valence-corrected chi connectivity index (χ3v) is 13.6. The Kier molecular flexibility index (Phi) is 15.5. The topological polar surface area (TPSA) is 181 Å². The quantitative estimate of drug-likeness (QED) is 0.0680. The molecule has 350 valence electrons. The molecule has 15 nitrogen and oxygen atoms in total. The number of ether oxygens (including phenoxy) is 2. The lowest BCUT2D eigenvalue weighted by molar-refractivity contribution is -0.144. The van der Waals surface area contributed by atoms with E-state index in [4.69, 9.17) is 9.47 Å². The van der Waals surface area contributed by atoms with Gasteiger partial charge in [-0.1, -0.05) is 74.5 Å². The van der Waals surface area contributed by atoms with E-state index in [1.54, 1.807) is 16.0 Å². The van der Waals surface area contributed by atoms with E-state index in [2.05, 4.69) is 43.8 Å². The van der Waals surface area contributed by atoms with Crippen LogP contribution in [0.25, 0.3) is 32.8 Å². The average Bonchev–Trinajstić information content (AvgIpc) is 4.08. The minimum atomic E-state index is -0.984. The number of nitrogens with zero attached hydrogens (tertiary/aromatic N) is 6. The number of amides is 3. The fourth-order valence-electron chi connectivity index (χ4n) is 8.84. The summed E-state index contributed by atoms with van der Waals surface area (Å²) in [6.45, 7) is 16.0. The number of aldehydes is 1. The molecule has 3 aromatic carbocycles. The van der Waals surface area contributed by atoms with Crippen LogP contribution in [0.4, 0.5) is 5.69 Å². The Labute approximate surface area is 390 Å². The molecular formula is C50H62N8O7S. The molecule has 0 bridgehead atoms. The van der Waals surface area contributed by atoms with Gasteiger partial charge in [-0.2, -0.15) is 0 Å². The Balaban J connectivity index is 0.912. The van der Waals surface area contributed by atoms with Gasteiger partial charge in [0.05, 0.1) is 47.6 Å². The highest BCUT2D eigenvalue weighted by Gasteiger charge is 2.44. The highest BCUT2D eigenvalue weighted by Crippen LogP contribution is 2.35. The first kappa shape index (κ1) is 48.1. The summed E-state index contributed by atoms with van der Waals surface area (Å²) in [7, 11) is 0. The van der Waals surface area contributed by atoms with Crippen molar-refractivity contribution in [1.29, 1.82) is 0 Å². The van der Waals surface area contributed by atoms with Gasteiger partial charge in [0.1, 0.15) is 30.7 Å². The molecule has 0 spiro atoms. The summed E-state index contributed by atoms with van der Waals surface area (Å²) in [5.74, 6) is -1.31. The van der Waals surface area contributed by atoms with Crippen LogP contribution in [-0.4, -0.2) is 118 Å². The van der Waals surface area contributed by atoms with Crippen molar-refractivity contribution in [3.05, 3.63) is 94.8 Å². The molecule has 66 heavy (non-hydrogen) atoms. The summed E-state index contributed by atoms with van der Waals surface area (Å²) in [6, 6.07) is 18.2. The zero-order valence-corrected chi connectivity index (χ0v) is 39.8. The minimum Gasteiger partial charge on any atom is -0.391 e. The summed E-state index contributed by atoms with van der Waals surface area (Å²) >= 11 is 1.57. The molecule has 4 atom stereocenters. The molecule has 2 aliphatic heterocycles. The third-order valence-electron chi connectivity index (χ3n) is 12.6. The number of aryl methyl sites for hydroxylation is 1. The number of rotatable bonds is 17. The van der Waals surface area contributed by atoms with Crippen molar-refractivity contribution < 1.29 is 33.8 Å². The second-order valence-electron chi connectivity index (χ2n) is 18.3. The van der Waals surface area contributed by atoms with E-state index in [0.717, 1.165) is 88.5 Å². The number of nitrogens with one attached hydrogen (secondary N) is 2. The van der Waals surface area contributed by atoms with Gasteiger partial charge in [0.2, 0.25) is 17.7 Å². The van der Waals surface area contributed by atoms with Gasteiger partial charge in [0.15, 0.2) is 0 Å². The number of aliphatic hydroxyl groups is 1. The summed E-state index contributed by atoms with van der Waals surface area (Å²) in [5, 5.41) is 25.2. The summed E-state index contributed by atoms with van der Waals surface area (Å²) in [6.07, 6.45) is 3.85. The second-order valence-corrected chi connectivity index (χ2v) is 19.2. The fourth-order valence-corrected chi connectivity index (χ4v) is 9.66. The molecule has 5 aromatic rings. The number of hydrogen-bond acceptors (Lipinski definition) is 12. The van der Waals surface area contributed by atoms with Gasteiger partial charge in [-0.25, -0.2) is 9.67 Å². The van der Waals surface area contributed by atoms with Crippen molar-refractivity contribution >= 4 is 41.0 Å². The third kappa shape index (κ3) is 11.2. The molecular weight excluding hydrogens is 857 g/mol. The fraction of sp³-hybridized carbons (Fsp3) is 0.460. The molecule has 0 saturated carbocycles. The van der Waals surface area contributed by atoms with Gasteiger partial charge in [0, 0.05) is 55.6 Å². The number of anilines is 1. The van der Waals surface area contributed by atoms with Gasteiger partial charge in [-0.3, -0.25) is 19.2 Å². The maximum Gasteiger partial charge on any atom is 0.246 e. The normalized spacial score (nSPS) is 17.6. The van der Waals surface area contributed by atoms with Gasteiger partial charge >= 0.3 is 0 Å². The number of thiazole rings is 1. The molecule has 0 unspecified atom stereocenters. The number of hydrogen-bond donors (Lipinski definition) is 3. The van der Waals surface area contributed by atoms with Gasteiger partial charge in [0.25, 0.3) is 0 Å². The highest BCUT2D eigenvalue weighted by atomic mass is 32.1.